The minimum absolute atomic E-state index is 0.120. The Kier molecular flexibility index (Phi) is 8.15. The Bertz CT molecular complexity index is 1240. The number of hydrogen-bond acceptors (Lipinski definition) is 5. The van der Waals surface area contributed by atoms with E-state index in [2.05, 4.69) is 22.3 Å². The highest BCUT2D eigenvalue weighted by Gasteiger charge is 2.27. The zero-order valence-electron chi connectivity index (χ0n) is 20.8. The number of anilines is 2. The predicted molar refractivity (Wildman–Crippen MR) is 143 cm³/mol. The summed E-state index contributed by atoms with van der Waals surface area (Å²) in [7, 11) is -2.42. The van der Waals surface area contributed by atoms with Crippen LogP contribution in [0.5, 0.6) is 5.75 Å². The van der Waals surface area contributed by atoms with Gasteiger partial charge < -0.3 is 15.0 Å². The molecule has 1 aliphatic rings. The summed E-state index contributed by atoms with van der Waals surface area (Å²) in [4.78, 5) is 15.6. The standard InChI is InChI=1S/C28H33N3O4S/c1-22(23-11-13-24(14-12-23)30-19-7-4-8-20-30)29-28(32)21-31(25-15-17-26(35-2)18-16-25)36(33,34)27-9-5-3-6-10-27/h3,5-6,9-18,22H,4,7-8,19-21H2,1-2H3,(H,29,32). The van der Waals surface area contributed by atoms with Crippen LogP contribution in [-0.2, 0) is 14.8 Å². The van der Waals surface area contributed by atoms with Crippen molar-refractivity contribution in [1.29, 1.82) is 0 Å². The minimum atomic E-state index is -3.96. The van der Waals surface area contributed by atoms with Gasteiger partial charge in [-0.3, -0.25) is 9.10 Å². The van der Waals surface area contributed by atoms with Crippen molar-refractivity contribution in [3.63, 3.8) is 0 Å². The highest BCUT2D eigenvalue weighted by molar-refractivity contribution is 7.92. The molecule has 0 aliphatic carbocycles. The van der Waals surface area contributed by atoms with Crippen LogP contribution in [0.2, 0.25) is 0 Å². The van der Waals surface area contributed by atoms with Crippen LogP contribution in [-0.4, -0.2) is 41.1 Å². The molecule has 7 nitrogen and oxygen atoms in total. The molecule has 0 spiro atoms. The van der Waals surface area contributed by atoms with Crippen LogP contribution in [0.25, 0.3) is 0 Å². The number of rotatable bonds is 9. The maximum atomic E-state index is 13.5. The molecule has 8 heteroatoms. The molecule has 0 bridgehead atoms. The van der Waals surface area contributed by atoms with E-state index in [4.69, 9.17) is 4.74 Å². The number of nitrogens with one attached hydrogen (secondary N) is 1. The third-order valence-electron chi connectivity index (χ3n) is 6.47. The highest BCUT2D eigenvalue weighted by atomic mass is 32.2. The van der Waals surface area contributed by atoms with Gasteiger partial charge in [-0.15, -0.1) is 0 Å². The first-order valence-electron chi connectivity index (χ1n) is 12.2. The molecule has 190 valence electrons. The second-order valence-electron chi connectivity index (χ2n) is 8.95. The lowest BCUT2D eigenvalue weighted by Crippen LogP contribution is -2.41. The van der Waals surface area contributed by atoms with Crippen molar-refractivity contribution in [1.82, 2.24) is 5.32 Å². The number of methoxy groups -OCH3 is 1. The van der Waals surface area contributed by atoms with Gasteiger partial charge in [-0.25, -0.2) is 8.42 Å². The fraction of sp³-hybridized carbons (Fsp3) is 0.321. The average Bonchev–Trinajstić information content (AvgIpc) is 2.93. The first-order chi connectivity index (χ1) is 17.4. The Morgan fingerprint density at radius 1 is 0.944 bits per heavy atom. The van der Waals surface area contributed by atoms with Crippen LogP contribution >= 0.6 is 0 Å². The van der Waals surface area contributed by atoms with Crippen molar-refractivity contribution in [3.05, 3.63) is 84.4 Å². The van der Waals surface area contributed by atoms with Crippen LogP contribution in [0, 0.1) is 0 Å². The summed E-state index contributed by atoms with van der Waals surface area (Å²) in [5.74, 6) is 0.208. The van der Waals surface area contributed by atoms with Crippen molar-refractivity contribution in [2.45, 2.75) is 37.1 Å². The van der Waals surface area contributed by atoms with Crippen LogP contribution < -0.4 is 19.3 Å². The van der Waals surface area contributed by atoms with Crippen molar-refractivity contribution < 1.29 is 17.9 Å². The lowest BCUT2D eigenvalue weighted by atomic mass is 10.1. The molecule has 1 amide bonds. The summed E-state index contributed by atoms with van der Waals surface area (Å²) in [6.07, 6.45) is 3.71. The Hall–Kier alpha value is -3.52. The maximum absolute atomic E-state index is 13.5. The van der Waals surface area contributed by atoms with Crippen molar-refractivity contribution in [2.75, 3.05) is 35.9 Å². The summed E-state index contributed by atoms with van der Waals surface area (Å²) in [6, 6.07) is 22.7. The van der Waals surface area contributed by atoms with Crippen LogP contribution in [0.4, 0.5) is 11.4 Å². The van der Waals surface area contributed by atoms with E-state index in [-0.39, 0.29) is 17.5 Å². The maximum Gasteiger partial charge on any atom is 0.264 e. The second-order valence-corrected chi connectivity index (χ2v) is 10.8. The quantitative estimate of drug-likeness (QED) is 0.452. The van der Waals surface area contributed by atoms with Gasteiger partial charge in [0.2, 0.25) is 5.91 Å². The topological polar surface area (TPSA) is 79.0 Å². The largest absolute Gasteiger partial charge is 0.497 e. The normalized spacial score (nSPS) is 14.7. The fourth-order valence-corrected chi connectivity index (χ4v) is 5.85. The molecule has 0 aromatic heterocycles. The van der Waals surface area contributed by atoms with E-state index in [9.17, 15) is 13.2 Å². The molecule has 1 unspecified atom stereocenters. The molecule has 0 saturated carbocycles. The van der Waals surface area contributed by atoms with Gasteiger partial charge in [0.15, 0.2) is 0 Å². The summed E-state index contributed by atoms with van der Waals surface area (Å²) in [5, 5.41) is 2.96. The number of hydrogen-bond donors (Lipinski definition) is 1. The zero-order valence-corrected chi connectivity index (χ0v) is 21.6. The van der Waals surface area contributed by atoms with E-state index < -0.39 is 15.9 Å². The molecule has 3 aromatic rings. The number of ether oxygens (including phenoxy) is 1. The summed E-state index contributed by atoms with van der Waals surface area (Å²) >= 11 is 0. The molecule has 36 heavy (non-hydrogen) atoms. The first kappa shape index (κ1) is 25.6. The van der Waals surface area contributed by atoms with Crippen molar-refractivity contribution in [2.24, 2.45) is 0 Å². The number of piperidine rings is 1. The van der Waals surface area contributed by atoms with E-state index in [0.717, 1.165) is 23.0 Å². The molecule has 1 saturated heterocycles. The molecule has 3 aromatic carbocycles. The summed E-state index contributed by atoms with van der Waals surface area (Å²) in [6.45, 7) is 3.70. The Labute approximate surface area is 213 Å². The van der Waals surface area contributed by atoms with Gasteiger partial charge in [-0.05, 0) is 80.3 Å². The SMILES string of the molecule is COc1ccc(N(CC(=O)NC(C)c2ccc(N3CCCCC3)cc2)S(=O)(=O)c2ccccc2)cc1. The van der Waals surface area contributed by atoms with Crippen LogP contribution in [0.1, 0.15) is 37.8 Å². The summed E-state index contributed by atoms with van der Waals surface area (Å²) in [5.41, 5.74) is 2.54. The average molecular weight is 508 g/mol. The Balaban J connectivity index is 1.50. The number of nitrogens with zero attached hydrogens (tertiary/aromatic N) is 2. The lowest BCUT2D eigenvalue weighted by molar-refractivity contribution is -0.120. The molecule has 1 aliphatic heterocycles. The van der Waals surface area contributed by atoms with Crippen LogP contribution in [0.15, 0.2) is 83.8 Å². The molecule has 1 atom stereocenters. The minimum Gasteiger partial charge on any atom is -0.497 e. The third kappa shape index (κ3) is 5.99. The van der Waals surface area contributed by atoms with Gasteiger partial charge in [-0.2, -0.15) is 0 Å². The lowest BCUT2D eigenvalue weighted by Gasteiger charge is -2.29. The molecule has 1 fully saturated rings. The highest BCUT2D eigenvalue weighted by Crippen LogP contribution is 2.26. The van der Waals surface area contributed by atoms with E-state index in [0.29, 0.717) is 11.4 Å². The van der Waals surface area contributed by atoms with Gasteiger partial charge in [-0.1, -0.05) is 30.3 Å². The molecule has 1 N–H and O–H groups in total. The molecule has 0 radical (unpaired) electrons. The fourth-order valence-electron chi connectivity index (χ4n) is 4.41. The zero-order chi connectivity index (χ0) is 25.5. The smallest absolute Gasteiger partial charge is 0.264 e. The summed E-state index contributed by atoms with van der Waals surface area (Å²) < 4.78 is 33.3. The molecule has 1 heterocycles. The first-order valence-corrected chi connectivity index (χ1v) is 13.7. The van der Waals surface area contributed by atoms with Crippen molar-refractivity contribution in [3.8, 4) is 5.75 Å². The van der Waals surface area contributed by atoms with E-state index in [1.54, 1.807) is 49.6 Å². The Morgan fingerprint density at radius 2 is 1.58 bits per heavy atom. The van der Waals surface area contributed by atoms with Crippen LogP contribution in [0.3, 0.4) is 0 Å². The monoisotopic (exact) mass is 507 g/mol. The number of carbonyl (C=O) groups excluding carboxylic acids is 1. The van der Waals surface area contributed by atoms with Gasteiger partial charge in [0.25, 0.3) is 10.0 Å². The predicted octanol–water partition coefficient (Wildman–Crippen LogP) is 4.76. The van der Waals surface area contributed by atoms with E-state index in [1.165, 1.54) is 37.1 Å². The van der Waals surface area contributed by atoms with Crippen molar-refractivity contribution >= 4 is 27.3 Å². The third-order valence-corrected chi connectivity index (χ3v) is 8.26. The Morgan fingerprint density at radius 3 is 2.19 bits per heavy atom. The number of carbonyl (C=O) groups is 1. The van der Waals surface area contributed by atoms with Gasteiger partial charge in [0.05, 0.1) is 23.7 Å². The van der Waals surface area contributed by atoms with E-state index in [1.807, 2.05) is 19.1 Å². The number of amides is 1. The van der Waals surface area contributed by atoms with Gasteiger partial charge in [0.1, 0.15) is 12.3 Å². The van der Waals surface area contributed by atoms with E-state index >= 15 is 0 Å². The number of benzene rings is 3. The second kappa shape index (κ2) is 11.5. The number of sulfonamides is 1. The molecule has 4 rings (SSSR count). The molecular formula is C28H33N3O4S. The van der Waals surface area contributed by atoms with Gasteiger partial charge in [0, 0.05) is 18.8 Å². The molecular weight excluding hydrogens is 474 g/mol. The van der Waals surface area contributed by atoms with Gasteiger partial charge >= 0.3 is 0 Å².